The van der Waals surface area contributed by atoms with E-state index in [1.807, 2.05) is 0 Å². The maximum atomic E-state index is 12.5. The van der Waals surface area contributed by atoms with Gasteiger partial charge in [-0.15, -0.1) is 0 Å². The molecule has 2 aliphatic rings. The molecule has 1 aromatic carbocycles. The predicted octanol–water partition coefficient (Wildman–Crippen LogP) is 0.918. The second-order valence-electron chi connectivity index (χ2n) is 4.95. The molecule has 0 bridgehead atoms. The zero-order valence-corrected chi connectivity index (χ0v) is 13.5. The van der Waals surface area contributed by atoms with Gasteiger partial charge in [-0.05, 0) is 12.1 Å². The zero-order chi connectivity index (χ0) is 16.1. The summed E-state index contributed by atoms with van der Waals surface area (Å²) in [6.07, 6.45) is 0. The number of urea groups is 1. The summed E-state index contributed by atoms with van der Waals surface area (Å²) in [7, 11) is -3.86. The van der Waals surface area contributed by atoms with Gasteiger partial charge in [0.25, 0.3) is 0 Å². The topological polar surface area (TPSA) is 86.8 Å². The number of halogens is 2. The molecule has 7 nitrogen and oxygen atoms in total. The Morgan fingerprint density at radius 2 is 1.73 bits per heavy atom. The standard InChI is InChI=1S/C12H11Cl2N3O4S/c13-8-2-1-3-9(14)11(8)22(20,21)16-5-7(6-16)17-10(18)4-15-12(17)19/h1-3,7H,4-6H2,(H,15,19). The Morgan fingerprint density at radius 3 is 2.23 bits per heavy atom. The van der Waals surface area contributed by atoms with Crippen molar-refractivity contribution in [1.82, 2.24) is 14.5 Å². The SMILES string of the molecule is O=C1CNC(=O)N1C1CN(S(=O)(=O)c2c(Cl)cccc2Cl)C1. The van der Waals surface area contributed by atoms with Crippen molar-refractivity contribution in [3.63, 3.8) is 0 Å². The second-order valence-corrected chi connectivity index (χ2v) is 7.64. The molecule has 22 heavy (non-hydrogen) atoms. The number of nitrogens with zero attached hydrogens (tertiary/aromatic N) is 2. The van der Waals surface area contributed by atoms with Crippen molar-refractivity contribution in [1.29, 1.82) is 0 Å². The molecular weight excluding hydrogens is 353 g/mol. The van der Waals surface area contributed by atoms with Crippen LogP contribution in [0.2, 0.25) is 10.0 Å². The molecule has 0 spiro atoms. The number of rotatable bonds is 3. The molecule has 0 saturated carbocycles. The van der Waals surface area contributed by atoms with Gasteiger partial charge < -0.3 is 5.32 Å². The number of hydrogen-bond donors (Lipinski definition) is 1. The van der Waals surface area contributed by atoms with Crippen molar-refractivity contribution in [2.45, 2.75) is 10.9 Å². The summed E-state index contributed by atoms with van der Waals surface area (Å²) in [4.78, 5) is 24.0. The normalized spacial score (nSPS) is 20.2. The molecule has 0 unspecified atom stereocenters. The summed E-state index contributed by atoms with van der Waals surface area (Å²) >= 11 is 11.9. The van der Waals surface area contributed by atoms with E-state index in [9.17, 15) is 18.0 Å². The van der Waals surface area contributed by atoms with Gasteiger partial charge >= 0.3 is 6.03 Å². The summed E-state index contributed by atoms with van der Waals surface area (Å²) in [5.74, 6) is -0.358. The van der Waals surface area contributed by atoms with E-state index in [-0.39, 0.29) is 40.5 Å². The van der Waals surface area contributed by atoms with E-state index < -0.39 is 22.1 Å². The zero-order valence-electron chi connectivity index (χ0n) is 11.1. The first-order valence-electron chi connectivity index (χ1n) is 6.36. The van der Waals surface area contributed by atoms with Gasteiger partial charge in [0.15, 0.2) is 0 Å². The highest BCUT2D eigenvalue weighted by molar-refractivity contribution is 7.89. The summed E-state index contributed by atoms with van der Waals surface area (Å²) in [5, 5.41) is 2.47. The van der Waals surface area contributed by atoms with Crippen molar-refractivity contribution in [2.75, 3.05) is 19.6 Å². The Labute approximate surface area is 136 Å². The van der Waals surface area contributed by atoms with E-state index in [2.05, 4.69) is 5.32 Å². The number of hydrogen-bond acceptors (Lipinski definition) is 4. The van der Waals surface area contributed by atoms with Gasteiger partial charge in [-0.3, -0.25) is 9.69 Å². The molecule has 1 N–H and O–H groups in total. The van der Waals surface area contributed by atoms with Crippen LogP contribution in [0.4, 0.5) is 4.79 Å². The molecule has 2 heterocycles. The first kappa shape index (κ1) is 15.5. The molecule has 3 amide bonds. The van der Waals surface area contributed by atoms with Crippen LogP contribution in [0.25, 0.3) is 0 Å². The van der Waals surface area contributed by atoms with Crippen LogP contribution >= 0.6 is 23.2 Å². The fourth-order valence-corrected chi connectivity index (χ4v) is 5.04. The molecule has 0 aliphatic carbocycles. The number of benzene rings is 1. The highest BCUT2D eigenvalue weighted by Gasteiger charge is 2.46. The van der Waals surface area contributed by atoms with Crippen LogP contribution in [0, 0.1) is 0 Å². The number of imide groups is 1. The maximum absolute atomic E-state index is 12.5. The van der Waals surface area contributed by atoms with Crippen molar-refractivity contribution in [3.8, 4) is 0 Å². The first-order chi connectivity index (χ1) is 10.3. The Morgan fingerprint density at radius 1 is 1.14 bits per heavy atom. The minimum Gasteiger partial charge on any atom is -0.329 e. The molecular formula is C12H11Cl2N3O4S. The molecule has 0 atom stereocenters. The minimum absolute atomic E-state index is 0.0308. The van der Waals surface area contributed by atoms with Crippen LogP contribution in [-0.4, -0.2) is 55.2 Å². The van der Waals surface area contributed by atoms with Crippen LogP contribution in [0.5, 0.6) is 0 Å². The average molecular weight is 364 g/mol. The molecule has 2 saturated heterocycles. The molecule has 2 aliphatic heterocycles. The fraction of sp³-hybridized carbons (Fsp3) is 0.333. The quantitative estimate of drug-likeness (QED) is 0.808. The smallest absolute Gasteiger partial charge is 0.324 e. The van der Waals surface area contributed by atoms with Gasteiger partial charge in [0.2, 0.25) is 15.9 Å². The summed E-state index contributed by atoms with van der Waals surface area (Å²) < 4.78 is 26.2. The van der Waals surface area contributed by atoms with Crippen LogP contribution in [0.3, 0.4) is 0 Å². The van der Waals surface area contributed by atoms with E-state index in [0.717, 1.165) is 9.21 Å². The molecule has 118 valence electrons. The lowest BCUT2D eigenvalue weighted by Gasteiger charge is -2.41. The number of sulfonamides is 1. The number of nitrogens with one attached hydrogen (secondary N) is 1. The summed E-state index contributed by atoms with van der Waals surface area (Å²) in [5.41, 5.74) is 0. The van der Waals surface area contributed by atoms with Crippen molar-refractivity contribution < 1.29 is 18.0 Å². The van der Waals surface area contributed by atoms with Crippen LogP contribution in [0.15, 0.2) is 23.1 Å². The lowest BCUT2D eigenvalue weighted by Crippen LogP contribution is -2.62. The van der Waals surface area contributed by atoms with Crippen LogP contribution in [-0.2, 0) is 14.8 Å². The van der Waals surface area contributed by atoms with Crippen molar-refractivity contribution >= 4 is 45.2 Å². The third kappa shape index (κ3) is 2.36. The van der Waals surface area contributed by atoms with Gasteiger partial charge in [-0.2, -0.15) is 4.31 Å². The number of carbonyl (C=O) groups is 2. The third-order valence-electron chi connectivity index (χ3n) is 3.59. The van der Waals surface area contributed by atoms with Gasteiger partial charge in [0, 0.05) is 13.1 Å². The second kappa shape index (κ2) is 5.38. The number of amides is 3. The van der Waals surface area contributed by atoms with Crippen molar-refractivity contribution in [2.24, 2.45) is 0 Å². The lowest BCUT2D eigenvalue weighted by atomic mass is 10.1. The Kier molecular flexibility index (Phi) is 3.80. The fourth-order valence-electron chi connectivity index (χ4n) is 2.44. The van der Waals surface area contributed by atoms with Gasteiger partial charge in [0.1, 0.15) is 4.90 Å². The van der Waals surface area contributed by atoms with E-state index in [1.54, 1.807) is 6.07 Å². The third-order valence-corrected chi connectivity index (χ3v) is 6.38. The van der Waals surface area contributed by atoms with E-state index in [1.165, 1.54) is 12.1 Å². The highest BCUT2D eigenvalue weighted by Crippen LogP contribution is 2.34. The van der Waals surface area contributed by atoms with Crippen molar-refractivity contribution in [3.05, 3.63) is 28.2 Å². The Balaban J connectivity index is 1.80. The number of carbonyl (C=O) groups excluding carboxylic acids is 2. The molecule has 2 fully saturated rings. The van der Waals surface area contributed by atoms with Crippen LogP contribution in [0.1, 0.15) is 0 Å². The van der Waals surface area contributed by atoms with Gasteiger partial charge in [0.05, 0.1) is 22.6 Å². The Hall–Kier alpha value is -1.35. The minimum atomic E-state index is -3.86. The Bertz CT molecular complexity index is 725. The monoisotopic (exact) mass is 363 g/mol. The van der Waals surface area contributed by atoms with Gasteiger partial charge in [-0.1, -0.05) is 29.3 Å². The summed E-state index contributed by atoms with van der Waals surface area (Å²) in [6.45, 7) is 0.00448. The lowest BCUT2D eigenvalue weighted by molar-refractivity contribution is -0.128. The molecule has 0 radical (unpaired) electrons. The molecule has 1 aromatic rings. The van der Waals surface area contributed by atoms with Crippen LogP contribution < -0.4 is 5.32 Å². The van der Waals surface area contributed by atoms with E-state index in [0.29, 0.717) is 0 Å². The average Bonchev–Trinajstić information content (AvgIpc) is 2.68. The highest BCUT2D eigenvalue weighted by atomic mass is 35.5. The molecule has 10 heteroatoms. The van der Waals surface area contributed by atoms with E-state index >= 15 is 0 Å². The maximum Gasteiger partial charge on any atom is 0.324 e. The molecule has 3 rings (SSSR count). The summed E-state index contributed by atoms with van der Waals surface area (Å²) in [6, 6.07) is 3.47. The van der Waals surface area contributed by atoms with E-state index in [4.69, 9.17) is 23.2 Å². The molecule has 0 aromatic heterocycles. The van der Waals surface area contributed by atoms with Gasteiger partial charge in [-0.25, -0.2) is 13.2 Å². The largest absolute Gasteiger partial charge is 0.329 e. The first-order valence-corrected chi connectivity index (χ1v) is 8.56. The predicted molar refractivity (Wildman–Crippen MR) is 79.3 cm³/mol.